The Balaban J connectivity index is 1.95. The van der Waals surface area contributed by atoms with Crippen LogP contribution in [0.4, 0.5) is 5.69 Å². The monoisotopic (exact) mass is 305 g/mol. The molecule has 2 aromatic rings. The maximum absolute atomic E-state index is 11.7. The van der Waals surface area contributed by atoms with E-state index in [4.69, 9.17) is 16.3 Å². The third-order valence-corrected chi connectivity index (χ3v) is 2.95. The van der Waals surface area contributed by atoms with E-state index >= 15 is 0 Å². The minimum absolute atomic E-state index is 0.0126. The van der Waals surface area contributed by atoms with Crippen molar-refractivity contribution in [3.05, 3.63) is 53.6 Å². The van der Waals surface area contributed by atoms with E-state index < -0.39 is 0 Å². The summed E-state index contributed by atoms with van der Waals surface area (Å²) >= 11 is 5.82. The fourth-order valence-corrected chi connectivity index (χ4v) is 1.90. The van der Waals surface area contributed by atoms with Crippen LogP contribution in [0, 0.1) is 0 Å². The molecule has 4 nitrogen and oxygen atoms in total. The smallest absolute Gasteiger partial charge is 0.279 e. The number of likely N-dealkylation sites (N-methyl/N-ethyl adjacent to an activating group) is 1. The highest BCUT2D eigenvalue weighted by atomic mass is 35.5. The quantitative estimate of drug-likeness (QED) is 0.889. The summed E-state index contributed by atoms with van der Waals surface area (Å²) < 4.78 is 5.68. The van der Waals surface area contributed by atoms with E-state index in [1.807, 2.05) is 38.4 Å². The Morgan fingerprint density at radius 2 is 1.57 bits per heavy atom. The van der Waals surface area contributed by atoms with Gasteiger partial charge in [-0.2, -0.15) is 0 Å². The molecule has 0 aromatic heterocycles. The summed E-state index contributed by atoms with van der Waals surface area (Å²) in [7, 11) is 3.87. The summed E-state index contributed by atoms with van der Waals surface area (Å²) in [5.74, 6) is 1.40. The summed E-state index contributed by atoms with van der Waals surface area (Å²) in [6, 6.07) is 14.4. The van der Waals surface area contributed by atoms with Crippen LogP contribution in [0.15, 0.2) is 48.5 Å². The highest BCUT2D eigenvalue weighted by molar-refractivity contribution is 6.30. The molecule has 0 aliphatic rings. The van der Waals surface area contributed by atoms with Crippen LogP contribution in [0.1, 0.15) is 0 Å². The molecule has 0 unspecified atom stereocenters. The van der Waals surface area contributed by atoms with Gasteiger partial charge in [-0.15, -0.1) is 0 Å². The number of nitrogens with one attached hydrogen (secondary N) is 2. The van der Waals surface area contributed by atoms with Gasteiger partial charge in [-0.05, 0) is 48.5 Å². The molecule has 21 heavy (non-hydrogen) atoms. The van der Waals surface area contributed by atoms with Gasteiger partial charge in [-0.3, -0.25) is 4.79 Å². The van der Waals surface area contributed by atoms with Crippen LogP contribution in [-0.2, 0) is 4.79 Å². The fourth-order valence-electron chi connectivity index (χ4n) is 1.77. The highest BCUT2D eigenvalue weighted by Crippen LogP contribution is 2.24. The summed E-state index contributed by atoms with van der Waals surface area (Å²) in [5, 5.41) is 3.51. The first kappa shape index (κ1) is 15.4. The Bertz CT molecular complexity index is 595. The van der Waals surface area contributed by atoms with Crippen LogP contribution in [0.25, 0.3) is 0 Å². The van der Waals surface area contributed by atoms with E-state index in [1.165, 1.54) is 0 Å². The minimum Gasteiger partial charge on any atom is -0.457 e. The van der Waals surface area contributed by atoms with Crippen LogP contribution in [0.2, 0.25) is 5.02 Å². The number of ether oxygens (including phenoxy) is 1. The fraction of sp³-hybridized carbons (Fsp3) is 0.188. The average Bonchev–Trinajstić information content (AvgIpc) is 2.42. The van der Waals surface area contributed by atoms with Crippen molar-refractivity contribution < 1.29 is 14.4 Å². The third kappa shape index (κ3) is 5.10. The standard InChI is InChI=1S/C16H17ClN2O2/c1-19(2)11-16(20)18-13-5-9-15(10-6-13)21-14-7-3-12(17)4-8-14/h3-10H,11H2,1-2H3,(H,18,20)/p+1. The zero-order valence-corrected chi connectivity index (χ0v) is 12.8. The van der Waals surface area contributed by atoms with Gasteiger partial charge in [0.15, 0.2) is 6.54 Å². The zero-order valence-electron chi connectivity index (χ0n) is 12.0. The molecular formula is C16H18ClN2O2+. The molecule has 0 bridgehead atoms. The maximum Gasteiger partial charge on any atom is 0.279 e. The molecule has 110 valence electrons. The second-order valence-corrected chi connectivity index (χ2v) is 5.45. The lowest BCUT2D eigenvalue weighted by atomic mass is 10.3. The van der Waals surface area contributed by atoms with Crippen molar-refractivity contribution in [2.75, 3.05) is 26.0 Å². The normalized spacial score (nSPS) is 10.5. The number of quaternary nitrogens is 1. The van der Waals surface area contributed by atoms with Crippen molar-refractivity contribution in [3.8, 4) is 11.5 Å². The largest absolute Gasteiger partial charge is 0.457 e. The molecule has 0 spiro atoms. The van der Waals surface area contributed by atoms with Gasteiger partial charge in [0.05, 0.1) is 14.1 Å². The van der Waals surface area contributed by atoms with Gasteiger partial charge in [0, 0.05) is 10.7 Å². The summed E-state index contributed by atoms with van der Waals surface area (Å²) in [6.45, 7) is 0.434. The molecule has 0 radical (unpaired) electrons. The van der Waals surface area contributed by atoms with Crippen LogP contribution in [0.5, 0.6) is 11.5 Å². The number of hydrogen-bond acceptors (Lipinski definition) is 2. The first-order chi connectivity index (χ1) is 10.0. The van der Waals surface area contributed by atoms with Gasteiger partial charge in [-0.25, -0.2) is 0 Å². The van der Waals surface area contributed by atoms with Gasteiger partial charge >= 0.3 is 0 Å². The van der Waals surface area contributed by atoms with Crippen molar-refractivity contribution in [1.29, 1.82) is 0 Å². The van der Waals surface area contributed by atoms with Gasteiger partial charge in [-0.1, -0.05) is 11.6 Å². The van der Waals surface area contributed by atoms with Crippen molar-refractivity contribution in [2.45, 2.75) is 0 Å². The van der Waals surface area contributed by atoms with E-state index in [1.54, 1.807) is 24.3 Å². The number of carbonyl (C=O) groups excluding carboxylic acids is 1. The summed E-state index contributed by atoms with van der Waals surface area (Å²) in [4.78, 5) is 12.7. The molecule has 0 atom stereocenters. The Morgan fingerprint density at radius 1 is 1.05 bits per heavy atom. The average molecular weight is 306 g/mol. The molecule has 0 heterocycles. The second kappa shape index (κ2) is 7.11. The van der Waals surface area contributed by atoms with Gasteiger partial charge < -0.3 is 15.0 Å². The molecular weight excluding hydrogens is 288 g/mol. The molecule has 2 rings (SSSR count). The van der Waals surface area contributed by atoms with Crippen molar-refractivity contribution in [1.82, 2.24) is 0 Å². The van der Waals surface area contributed by atoms with Crippen LogP contribution >= 0.6 is 11.6 Å². The van der Waals surface area contributed by atoms with Gasteiger partial charge in [0.1, 0.15) is 11.5 Å². The van der Waals surface area contributed by atoms with Crippen LogP contribution in [0.3, 0.4) is 0 Å². The topological polar surface area (TPSA) is 42.8 Å². The minimum atomic E-state index is -0.0126. The summed E-state index contributed by atoms with van der Waals surface area (Å²) in [5.41, 5.74) is 0.754. The van der Waals surface area contributed by atoms with Gasteiger partial charge in [0.2, 0.25) is 0 Å². The van der Waals surface area contributed by atoms with Crippen LogP contribution < -0.4 is 15.0 Å². The van der Waals surface area contributed by atoms with E-state index in [0.29, 0.717) is 23.1 Å². The number of carbonyl (C=O) groups is 1. The predicted molar refractivity (Wildman–Crippen MR) is 84.3 cm³/mol. The maximum atomic E-state index is 11.7. The molecule has 2 aromatic carbocycles. The van der Waals surface area contributed by atoms with Crippen molar-refractivity contribution in [3.63, 3.8) is 0 Å². The lowest BCUT2D eigenvalue weighted by molar-refractivity contribution is -0.849. The van der Waals surface area contributed by atoms with E-state index in [-0.39, 0.29) is 5.91 Å². The first-order valence-corrected chi connectivity index (χ1v) is 7.03. The number of amides is 1. The number of benzene rings is 2. The Labute approximate surface area is 129 Å². The van der Waals surface area contributed by atoms with Crippen LogP contribution in [-0.4, -0.2) is 26.5 Å². The molecule has 0 fully saturated rings. The Kier molecular flexibility index (Phi) is 5.20. The number of hydrogen-bond donors (Lipinski definition) is 2. The predicted octanol–water partition coefficient (Wildman–Crippen LogP) is 2.22. The SMILES string of the molecule is C[NH+](C)CC(=O)Nc1ccc(Oc2ccc(Cl)cc2)cc1. The van der Waals surface area contributed by atoms with Gasteiger partial charge in [0.25, 0.3) is 5.91 Å². The number of anilines is 1. The molecule has 0 saturated heterocycles. The molecule has 1 amide bonds. The lowest BCUT2D eigenvalue weighted by Gasteiger charge is -2.09. The lowest BCUT2D eigenvalue weighted by Crippen LogP contribution is -3.06. The highest BCUT2D eigenvalue weighted by Gasteiger charge is 2.06. The van der Waals surface area contributed by atoms with E-state index in [2.05, 4.69) is 5.32 Å². The summed E-state index contributed by atoms with van der Waals surface area (Å²) in [6.07, 6.45) is 0. The third-order valence-electron chi connectivity index (χ3n) is 2.70. The van der Waals surface area contributed by atoms with E-state index in [9.17, 15) is 4.79 Å². The number of rotatable bonds is 5. The number of halogens is 1. The molecule has 0 aliphatic carbocycles. The molecule has 0 aliphatic heterocycles. The molecule has 2 N–H and O–H groups in total. The Morgan fingerprint density at radius 3 is 2.10 bits per heavy atom. The second-order valence-electron chi connectivity index (χ2n) is 5.01. The molecule has 0 saturated carbocycles. The molecule has 5 heteroatoms. The van der Waals surface area contributed by atoms with Crippen molar-refractivity contribution in [2.24, 2.45) is 0 Å². The Hall–Kier alpha value is -2.04. The first-order valence-electron chi connectivity index (χ1n) is 6.65. The van der Waals surface area contributed by atoms with E-state index in [0.717, 1.165) is 10.6 Å². The van der Waals surface area contributed by atoms with Crippen molar-refractivity contribution >= 4 is 23.2 Å². The zero-order chi connectivity index (χ0) is 15.2.